The van der Waals surface area contributed by atoms with Crippen molar-refractivity contribution >= 4 is 15.9 Å². The van der Waals surface area contributed by atoms with E-state index >= 15 is 0 Å². The Hall–Kier alpha value is -0.810. The molecular weight excluding hydrogens is 241 g/mol. The highest BCUT2D eigenvalue weighted by Gasteiger charge is 2.17. The van der Waals surface area contributed by atoms with E-state index in [4.69, 9.17) is 10.8 Å². The van der Waals surface area contributed by atoms with Gasteiger partial charge in [0.1, 0.15) is 5.82 Å². The van der Waals surface area contributed by atoms with Crippen molar-refractivity contribution in [3.05, 3.63) is 21.9 Å². The van der Waals surface area contributed by atoms with Gasteiger partial charge in [-0.1, -0.05) is 0 Å². The summed E-state index contributed by atoms with van der Waals surface area (Å²) in [7, 11) is 0. The normalized spacial score (nSPS) is 12.9. The molecule has 4 N–H and O–H groups in total. The molecule has 0 fully saturated rings. The molecule has 1 aromatic carbocycles. The monoisotopic (exact) mass is 249 g/mol. The van der Waals surface area contributed by atoms with E-state index in [2.05, 4.69) is 15.9 Å². The molecule has 0 saturated heterocycles. The Morgan fingerprint density at radius 3 is 2.54 bits per heavy atom. The molecule has 0 amide bonds. The van der Waals surface area contributed by atoms with Gasteiger partial charge >= 0.3 is 0 Å². The third-order valence-corrected chi connectivity index (χ3v) is 2.47. The maximum atomic E-state index is 13.2. The fourth-order valence-corrected chi connectivity index (χ4v) is 1.78. The first-order valence-corrected chi connectivity index (χ1v) is 4.39. The number of phenols is 2. The number of phenolic OH excluding ortho intramolecular Hbond substituents is 2. The van der Waals surface area contributed by atoms with Crippen molar-refractivity contribution in [1.82, 2.24) is 0 Å². The van der Waals surface area contributed by atoms with Gasteiger partial charge in [0.15, 0.2) is 11.5 Å². The minimum atomic E-state index is -0.642. The number of rotatable bonds is 1. The average Bonchev–Trinajstić information content (AvgIpc) is 1.99. The van der Waals surface area contributed by atoms with Crippen LogP contribution < -0.4 is 5.73 Å². The van der Waals surface area contributed by atoms with E-state index in [1.807, 2.05) is 0 Å². The summed E-state index contributed by atoms with van der Waals surface area (Å²) in [5.41, 5.74) is 5.62. The summed E-state index contributed by atoms with van der Waals surface area (Å²) in [6.07, 6.45) is 0. The van der Waals surface area contributed by atoms with Gasteiger partial charge in [-0.15, -0.1) is 0 Å². The lowest BCUT2D eigenvalue weighted by molar-refractivity contribution is 0.395. The fraction of sp³-hybridized carbons (Fsp3) is 0.250. The van der Waals surface area contributed by atoms with E-state index in [0.29, 0.717) is 0 Å². The molecule has 1 atom stereocenters. The standard InChI is InChI=1S/C8H9BrFNO2/c1-3(11)6-4(10)2-5(12)8(13)7(6)9/h2-3,12-13H,11H2,1H3. The molecule has 0 bridgehead atoms. The van der Waals surface area contributed by atoms with Crippen LogP contribution in [0.3, 0.4) is 0 Å². The number of benzene rings is 1. The highest BCUT2D eigenvalue weighted by atomic mass is 79.9. The zero-order valence-corrected chi connectivity index (χ0v) is 8.47. The van der Waals surface area contributed by atoms with Gasteiger partial charge in [0.2, 0.25) is 0 Å². The SMILES string of the molecule is CC(N)c1c(F)cc(O)c(O)c1Br. The van der Waals surface area contributed by atoms with Gasteiger partial charge in [0, 0.05) is 17.7 Å². The Morgan fingerprint density at radius 2 is 2.08 bits per heavy atom. The Bertz CT molecular complexity index is 341. The van der Waals surface area contributed by atoms with Gasteiger partial charge in [-0.05, 0) is 22.9 Å². The zero-order valence-electron chi connectivity index (χ0n) is 6.88. The van der Waals surface area contributed by atoms with Crippen LogP contribution in [0.2, 0.25) is 0 Å². The van der Waals surface area contributed by atoms with Crippen molar-refractivity contribution in [2.75, 3.05) is 0 Å². The molecule has 72 valence electrons. The Balaban J connectivity index is 3.44. The highest BCUT2D eigenvalue weighted by Crippen LogP contribution is 2.39. The van der Waals surface area contributed by atoms with Crippen molar-refractivity contribution in [3.63, 3.8) is 0 Å². The van der Waals surface area contributed by atoms with Crippen LogP contribution in [0, 0.1) is 5.82 Å². The average molecular weight is 250 g/mol. The molecule has 3 nitrogen and oxygen atoms in total. The van der Waals surface area contributed by atoms with Crippen LogP contribution in [0.25, 0.3) is 0 Å². The van der Waals surface area contributed by atoms with Crippen molar-refractivity contribution in [1.29, 1.82) is 0 Å². The number of nitrogens with two attached hydrogens (primary N) is 1. The van der Waals surface area contributed by atoms with Gasteiger partial charge in [-0.25, -0.2) is 4.39 Å². The quantitative estimate of drug-likeness (QED) is 0.668. The third kappa shape index (κ3) is 1.76. The molecule has 1 unspecified atom stereocenters. The van der Waals surface area contributed by atoms with Gasteiger partial charge in [0.05, 0.1) is 4.47 Å². The molecule has 5 heteroatoms. The molecule has 0 aliphatic carbocycles. The highest BCUT2D eigenvalue weighted by molar-refractivity contribution is 9.10. The van der Waals surface area contributed by atoms with Crippen LogP contribution in [0.5, 0.6) is 11.5 Å². The first-order chi connectivity index (χ1) is 5.95. The van der Waals surface area contributed by atoms with Crippen LogP contribution in [0.1, 0.15) is 18.5 Å². The summed E-state index contributed by atoms with van der Waals surface area (Å²) in [6, 6.07) is 0.277. The predicted molar refractivity (Wildman–Crippen MR) is 50.0 cm³/mol. The van der Waals surface area contributed by atoms with E-state index in [-0.39, 0.29) is 10.0 Å². The molecule has 0 aromatic heterocycles. The summed E-state index contributed by atoms with van der Waals surface area (Å²) in [6.45, 7) is 1.58. The largest absolute Gasteiger partial charge is 0.504 e. The Morgan fingerprint density at radius 1 is 1.54 bits per heavy atom. The minimum absolute atomic E-state index is 0.0972. The first-order valence-electron chi connectivity index (χ1n) is 3.60. The summed E-state index contributed by atoms with van der Waals surface area (Å²) in [4.78, 5) is 0. The summed E-state index contributed by atoms with van der Waals surface area (Å²) in [5.74, 6) is -1.54. The van der Waals surface area contributed by atoms with E-state index in [9.17, 15) is 9.50 Å². The topological polar surface area (TPSA) is 66.5 Å². The van der Waals surface area contributed by atoms with Gasteiger partial charge in [-0.2, -0.15) is 0 Å². The van der Waals surface area contributed by atoms with E-state index < -0.39 is 23.4 Å². The minimum Gasteiger partial charge on any atom is -0.504 e. The maximum Gasteiger partial charge on any atom is 0.172 e. The number of halogens is 2. The van der Waals surface area contributed by atoms with Gasteiger partial charge < -0.3 is 15.9 Å². The van der Waals surface area contributed by atoms with Crippen molar-refractivity contribution in [2.45, 2.75) is 13.0 Å². The van der Waals surface area contributed by atoms with Crippen molar-refractivity contribution in [3.8, 4) is 11.5 Å². The lowest BCUT2D eigenvalue weighted by Gasteiger charge is -2.11. The van der Waals surface area contributed by atoms with Crippen LogP contribution >= 0.6 is 15.9 Å². The lowest BCUT2D eigenvalue weighted by atomic mass is 10.1. The molecule has 0 saturated carbocycles. The zero-order chi connectivity index (χ0) is 10.2. The van der Waals surface area contributed by atoms with E-state index in [1.165, 1.54) is 0 Å². The molecule has 1 aromatic rings. The van der Waals surface area contributed by atoms with Crippen molar-refractivity contribution < 1.29 is 14.6 Å². The number of hydrogen-bond donors (Lipinski definition) is 3. The van der Waals surface area contributed by atoms with Gasteiger partial charge in [0.25, 0.3) is 0 Å². The summed E-state index contributed by atoms with van der Waals surface area (Å²) >= 11 is 2.95. The maximum absolute atomic E-state index is 13.2. The third-order valence-electron chi connectivity index (χ3n) is 1.66. The van der Waals surface area contributed by atoms with Crippen LogP contribution in [0.15, 0.2) is 10.5 Å². The predicted octanol–water partition coefficient (Wildman–Crippen LogP) is 2.02. The van der Waals surface area contributed by atoms with Crippen molar-refractivity contribution in [2.24, 2.45) is 5.73 Å². The number of hydrogen-bond acceptors (Lipinski definition) is 3. The summed E-state index contributed by atoms with van der Waals surface area (Å²) in [5, 5.41) is 18.3. The second kappa shape index (κ2) is 3.51. The molecule has 1 rings (SSSR count). The second-order valence-corrected chi connectivity index (χ2v) is 3.54. The molecule has 0 radical (unpaired) electrons. The smallest absolute Gasteiger partial charge is 0.172 e. The first kappa shape index (κ1) is 10.3. The Labute approximate surface area is 83.1 Å². The molecular formula is C8H9BrFNO2. The van der Waals surface area contributed by atoms with E-state index in [0.717, 1.165) is 6.07 Å². The Kier molecular flexibility index (Phi) is 2.77. The fourth-order valence-electron chi connectivity index (χ4n) is 1.03. The molecule has 13 heavy (non-hydrogen) atoms. The number of aromatic hydroxyl groups is 2. The van der Waals surface area contributed by atoms with Gasteiger partial charge in [-0.3, -0.25) is 0 Å². The van der Waals surface area contributed by atoms with Crippen LogP contribution in [-0.4, -0.2) is 10.2 Å². The van der Waals surface area contributed by atoms with Crippen LogP contribution in [0.4, 0.5) is 4.39 Å². The second-order valence-electron chi connectivity index (χ2n) is 2.74. The molecule has 0 heterocycles. The summed E-state index contributed by atoms with van der Waals surface area (Å²) < 4.78 is 13.3. The van der Waals surface area contributed by atoms with Crippen LogP contribution in [-0.2, 0) is 0 Å². The molecule has 0 aliphatic heterocycles. The lowest BCUT2D eigenvalue weighted by Crippen LogP contribution is -2.08. The molecule has 0 spiro atoms. The molecule has 0 aliphatic rings. The van der Waals surface area contributed by atoms with E-state index in [1.54, 1.807) is 6.92 Å².